The summed E-state index contributed by atoms with van der Waals surface area (Å²) < 4.78 is 32.5. The summed E-state index contributed by atoms with van der Waals surface area (Å²) in [6.07, 6.45) is -0.00372. The van der Waals surface area contributed by atoms with Gasteiger partial charge in [-0.15, -0.1) is 0 Å². The van der Waals surface area contributed by atoms with Crippen LogP contribution in [0.25, 0.3) is 0 Å². The third kappa shape index (κ3) is 4.80. The lowest BCUT2D eigenvalue weighted by molar-refractivity contribution is -0.120. The Bertz CT molecular complexity index is 571. The molecule has 0 spiro atoms. The molecule has 3 N–H and O–H groups in total. The first kappa shape index (κ1) is 16.4. The number of carbonyl (C=O) groups excluding carboxylic acids is 1. The van der Waals surface area contributed by atoms with Gasteiger partial charge in [0.25, 0.3) is 0 Å². The van der Waals surface area contributed by atoms with E-state index in [1.54, 1.807) is 0 Å². The van der Waals surface area contributed by atoms with Gasteiger partial charge in [-0.25, -0.2) is 13.6 Å². The van der Waals surface area contributed by atoms with E-state index in [9.17, 15) is 13.2 Å². The zero-order valence-corrected chi connectivity index (χ0v) is 12.2. The molecule has 0 unspecified atom stereocenters. The van der Waals surface area contributed by atoms with Gasteiger partial charge in [0.2, 0.25) is 15.9 Å². The fraction of sp³-hybridized carbons (Fsp3) is 0.417. The minimum absolute atomic E-state index is 0.00372. The molecule has 0 aliphatic heterocycles. The smallest absolute Gasteiger partial charge is 0.238 e. The van der Waals surface area contributed by atoms with Crippen molar-refractivity contribution in [1.82, 2.24) is 5.32 Å². The minimum atomic E-state index is -3.81. The van der Waals surface area contributed by atoms with Crippen LogP contribution in [0.3, 0.4) is 0 Å². The van der Waals surface area contributed by atoms with Crippen molar-refractivity contribution in [2.24, 2.45) is 5.14 Å². The summed E-state index contributed by atoms with van der Waals surface area (Å²) in [5.41, 5.74) is 0.453. The van der Waals surface area contributed by atoms with Crippen LogP contribution in [-0.4, -0.2) is 41.7 Å². The SMILES string of the molecule is COCCNC(=O)Cc1cc(S(N)(=O)=O)ccc1OC. The minimum Gasteiger partial charge on any atom is -0.496 e. The molecule has 0 radical (unpaired) electrons. The maximum Gasteiger partial charge on any atom is 0.238 e. The van der Waals surface area contributed by atoms with Gasteiger partial charge in [0.1, 0.15) is 5.75 Å². The highest BCUT2D eigenvalue weighted by Crippen LogP contribution is 2.22. The van der Waals surface area contributed by atoms with E-state index < -0.39 is 10.0 Å². The first-order chi connectivity index (χ1) is 9.38. The summed E-state index contributed by atoms with van der Waals surface area (Å²) in [6.45, 7) is 0.784. The predicted octanol–water partition coefficient (Wildman–Crippen LogP) is -0.352. The van der Waals surface area contributed by atoms with Gasteiger partial charge in [-0.05, 0) is 18.2 Å². The quantitative estimate of drug-likeness (QED) is 0.669. The standard InChI is InChI=1S/C12H18N2O5S/c1-18-6-5-14-12(15)8-9-7-10(20(13,16)17)3-4-11(9)19-2/h3-4,7H,5-6,8H2,1-2H3,(H,14,15)(H2,13,16,17). The average molecular weight is 302 g/mol. The van der Waals surface area contributed by atoms with Gasteiger partial charge >= 0.3 is 0 Å². The van der Waals surface area contributed by atoms with E-state index in [1.807, 2.05) is 0 Å². The fourth-order valence-corrected chi connectivity index (χ4v) is 2.16. The van der Waals surface area contributed by atoms with E-state index in [0.717, 1.165) is 0 Å². The normalized spacial score (nSPS) is 11.2. The van der Waals surface area contributed by atoms with E-state index in [0.29, 0.717) is 24.5 Å². The molecule has 20 heavy (non-hydrogen) atoms. The van der Waals surface area contributed by atoms with Crippen molar-refractivity contribution in [3.05, 3.63) is 23.8 Å². The largest absolute Gasteiger partial charge is 0.496 e. The molecule has 1 aromatic rings. The number of amides is 1. The van der Waals surface area contributed by atoms with E-state index in [-0.39, 0.29) is 17.2 Å². The van der Waals surface area contributed by atoms with Crippen LogP contribution >= 0.6 is 0 Å². The molecular formula is C12H18N2O5S. The number of ether oxygens (including phenoxy) is 2. The molecule has 1 rings (SSSR count). The van der Waals surface area contributed by atoms with Crippen LogP contribution in [0.5, 0.6) is 5.75 Å². The average Bonchev–Trinajstić information content (AvgIpc) is 2.38. The van der Waals surface area contributed by atoms with Gasteiger partial charge in [0.15, 0.2) is 0 Å². The van der Waals surface area contributed by atoms with Crippen LogP contribution in [-0.2, 0) is 26.0 Å². The lowest BCUT2D eigenvalue weighted by Gasteiger charge is -2.10. The van der Waals surface area contributed by atoms with Crippen molar-refractivity contribution in [3.63, 3.8) is 0 Å². The predicted molar refractivity (Wildman–Crippen MR) is 73.0 cm³/mol. The highest BCUT2D eigenvalue weighted by molar-refractivity contribution is 7.89. The fourth-order valence-electron chi connectivity index (χ4n) is 1.60. The van der Waals surface area contributed by atoms with Crippen molar-refractivity contribution < 1.29 is 22.7 Å². The molecule has 7 nitrogen and oxygen atoms in total. The number of primary sulfonamides is 1. The van der Waals surface area contributed by atoms with Crippen molar-refractivity contribution in [3.8, 4) is 5.75 Å². The zero-order chi connectivity index (χ0) is 15.2. The topological polar surface area (TPSA) is 108 Å². The van der Waals surface area contributed by atoms with E-state index in [2.05, 4.69) is 5.32 Å². The number of carbonyl (C=O) groups is 1. The molecule has 1 amide bonds. The van der Waals surface area contributed by atoms with Crippen LogP contribution in [0.4, 0.5) is 0 Å². The molecule has 0 aliphatic rings. The van der Waals surface area contributed by atoms with Gasteiger partial charge in [-0.3, -0.25) is 4.79 Å². The summed E-state index contributed by atoms with van der Waals surface area (Å²) in [5, 5.41) is 7.70. The third-order valence-electron chi connectivity index (χ3n) is 2.56. The Morgan fingerprint density at radius 3 is 2.60 bits per heavy atom. The Labute approximate surface area is 118 Å². The molecule has 0 saturated carbocycles. The Morgan fingerprint density at radius 1 is 1.35 bits per heavy atom. The maximum atomic E-state index is 11.7. The number of rotatable bonds is 7. The lowest BCUT2D eigenvalue weighted by atomic mass is 10.1. The van der Waals surface area contributed by atoms with Gasteiger partial charge in [-0.2, -0.15) is 0 Å². The second kappa shape index (κ2) is 7.22. The number of hydrogen-bond donors (Lipinski definition) is 2. The molecular weight excluding hydrogens is 284 g/mol. The molecule has 0 aliphatic carbocycles. The molecule has 0 atom stereocenters. The number of benzene rings is 1. The van der Waals surface area contributed by atoms with Crippen LogP contribution in [0.1, 0.15) is 5.56 Å². The Morgan fingerprint density at radius 2 is 2.05 bits per heavy atom. The van der Waals surface area contributed by atoms with Gasteiger partial charge in [-0.1, -0.05) is 0 Å². The first-order valence-electron chi connectivity index (χ1n) is 5.84. The number of methoxy groups -OCH3 is 2. The number of hydrogen-bond acceptors (Lipinski definition) is 5. The number of nitrogens with one attached hydrogen (secondary N) is 1. The van der Waals surface area contributed by atoms with Crippen LogP contribution in [0.2, 0.25) is 0 Å². The van der Waals surface area contributed by atoms with Gasteiger partial charge < -0.3 is 14.8 Å². The van der Waals surface area contributed by atoms with Crippen molar-refractivity contribution in [1.29, 1.82) is 0 Å². The van der Waals surface area contributed by atoms with Crippen LogP contribution in [0, 0.1) is 0 Å². The Balaban J connectivity index is 2.89. The van der Waals surface area contributed by atoms with Gasteiger partial charge in [0.05, 0.1) is 25.0 Å². The molecule has 0 saturated heterocycles. The van der Waals surface area contributed by atoms with Crippen LogP contribution < -0.4 is 15.2 Å². The molecule has 8 heteroatoms. The molecule has 112 valence electrons. The first-order valence-corrected chi connectivity index (χ1v) is 7.38. The number of sulfonamides is 1. The van der Waals surface area contributed by atoms with Crippen molar-refractivity contribution in [2.75, 3.05) is 27.4 Å². The lowest BCUT2D eigenvalue weighted by Crippen LogP contribution is -2.28. The van der Waals surface area contributed by atoms with Crippen molar-refractivity contribution >= 4 is 15.9 Å². The summed E-state index contributed by atoms with van der Waals surface area (Å²) >= 11 is 0. The van der Waals surface area contributed by atoms with E-state index in [1.165, 1.54) is 32.4 Å². The van der Waals surface area contributed by atoms with E-state index >= 15 is 0 Å². The monoisotopic (exact) mass is 302 g/mol. The Hall–Kier alpha value is -1.64. The molecule has 0 aromatic heterocycles. The summed E-state index contributed by atoms with van der Waals surface area (Å²) in [6, 6.07) is 4.14. The highest BCUT2D eigenvalue weighted by Gasteiger charge is 2.14. The second-order valence-corrected chi connectivity index (χ2v) is 5.60. The van der Waals surface area contributed by atoms with Crippen molar-refractivity contribution in [2.45, 2.75) is 11.3 Å². The maximum absolute atomic E-state index is 11.7. The second-order valence-electron chi connectivity index (χ2n) is 4.04. The molecule has 0 heterocycles. The highest BCUT2D eigenvalue weighted by atomic mass is 32.2. The molecule has 1 aromatic carbocycles. The summed E-state index contributed by atoms with van der Waals surface area (Å²) in [7, 11) is -0.839. The van der Waals surface area contributed by atoms with E-state index in [4.69, 9.17) is 14.6 Å². The van der Waals surface area contributed by atoms with Gasteiger partial charge in [0, 0.05) is 19.2 Å². The zero-order valence-electron chi connectivity index (χ0n) is 11.4. The Kier molecular flexibility index (Phi) is 5.93. The third-order valence-corrected chi connectivity index (χ3v) is 3.47. The van der Waals surface area contributed by atoms with Crippen LogP contribution in [0.15, 0.2) is 23.1 Å². The number of nitrogens with two attached hydrogens (primary N) is 1. The summed E-state index contributed by atoms with van der Waals surface area (Å²) in [5.74, 6) is 0.172. The summed E-state index contributed by atoms with van der Waals surface area (Å²) in [4.78, 5) is 11.7. The molecule has 0 fully saturated rings. The molecule has 0 bridgehead atoms.